The zero-order valence-electron chi connectivity index (χ0n) is 14.8. The summed E-state index contributed by atoms with van der Waals surface area (Å²) in [5.74, 6) is -2.98. The lowest BCUT2D eigenvalue weighted by molar-refractivity contribution is -0.150. The van der Waals surface area contributed by atoms with Gasteiger partial charge in [-0.25, -0.2) is 9.78 Å². The van der Waals surface area contributed by atoms with E-state index in [-0.39, 0.29) is 16.5 Å². The number of nitrogens with zero attached hydrogens (tertiary/aromatic N) is 4. The topological polar surface area (TPSA) is 168 Å². The van der Waals surface area contributed by atoms with Crippen LogP contribution in [0.1, 0.15) is 10.5 Å². The minimum Gasteiger partial charge on any atom is -0.477 e. The fraction of sp³-hybridized carbons (Fsp3) is 0.267. The highest BCUT2D eigenvalue weighted by molar-refractivity contribution is 8.01. The number of thioether (sulfide) groups is 2. The monoisotopic (exact) mass is 484 g/mol. The van der Waals surface area contributed by atoms with Crippen molar-refractivity contribution < 1.29 is 24.3 Å². The number of nitrogen functional groups attached to an aromatic ring is 1. The lowest BCUT2D eigenvalue weighted by Crippen LogP contribution is -2.71. The van der Waals surface area contributed by atoms with Crippen LogP contribution in [0.25, 0.3) is 0 Å². The molecule has 1 saturated heterocycles. The molecule has 2 amide bonds. The van der Waals surface area contributed by atoms with E-state index >= 15 is 0 Å². The molecule has 2 aliphatic rings. The van der Waals surface area contributed by atoms with E-state index in [9.17, 15) is 24.3 Å². The molecule has 4 rings (SSSR count). The number of anilines is 1. The van der Waals surface area contributed by atoms with Crippen LogP contribution in [0.3, 0.4) is 0 Å². The molecule has 2 aromatic heterocycles. The van der Waals surface area contributed by atoms with E-state index in [0.717, 1.165) is 16.2 Å². The summed E-state index contributed by atoms with van der Waals surface area (Å²) in [7, 11) is 0. The zero-order chi connectivity index (χ0) is 21.4. The number of amides is 2. The average molecular weight is 485 g/mol. The molecule has 1 unspecified atom stereocenters. The molecule has 2 aromatic rings. The standard InChI is InChI=1S/C15H12N6O5S4/c16-14-18-6(3-28-14)9(22)10(23)19-7-11(24)21-8(13(25)26)5(1-27-12(7)21)2-29-15-20-17-4-30-15/h3-4,7,12H,1-2H2,(H2,16,18)(H,19,23)(H,25,26)/t7?,12-/m1/s1. The number of carboxylic acid groups (broad SMARTS) is 1. The molecule has 30 heavy (non-hydrogen) atoms. The van der Waals surface area contributed by atoms with Gasteiger partial charge in [0.1, 0.15) is 28.3 Å². The van der Waals surface area contributed by atoms with Crippen molar-refractivity contribution in [2.45, 2.75) is 15.8 Å². The number of carbonyl (C=O) groups is 4. The van der Waals surface area contributed by atoms with Crippen molar-refractivity contribution in [2.75, 3.05) is 17.2 Å². The third-order valence-electron chi connectivity index (χ3n) is 4.21. The number of nitrogens with one attached hydrogen (secondary N) is 1. The number of hydrogen-bond acceptors (Lipinski definition) is 12. The molecule has 0 aromatic carbocycles. The Hall–Kier alpha value is -2.49. The second kappa shape index (κ2) is 8.33. The Labute approximate surface area is 185 Å². The first kappa shape index (κ1) is 20.8. The number of carbonyl (C=O) groups excluding carboxylic acids is 3. The van der Waals surface area contributed by atoms with Crippen molar-refractivity contribution >= 4 is 74.9 Å². The number of thiazole rings is 1. The average Bonchev–Trinajstić information content (AvgIpc) is 3.40. The summed E-state index contributed by atoms with van der Waals surface area (Å²) in [6.45, 7) is 0. The van der Waals surface area contributed by atoms with Crippen molar-refractivity contribution in [1.82, 2.24) is 25.4 Å². The highest BCUT2D eigenvalue weighted by atomic mass is 32.2. The van der Waals surface area contributed by atoms with Crippen LogP contribution in [-0.4, -0.2) is 71.7 Å². The van der Waals surface area contributed by atoms with E-state index in [4.69, 9.17) is 5.73 Å². The number of fused-ring (bicyclic) bond motifs is 1. The van der Waals surface area contributed by atoms with Crippen LogP contribution in [0.5, 0.6) is 0 Å². The van der Waals surface area contributed by atoms with E-state index in [0.29, 0.717) is 21.4 Å². The molecule has 0 radical (unpaired) electrons. The molecular formula is C15H12N6O5S4. The molecule has 1 fully saturated rings. The lowest BCUT2D eigenvalue weighted by atomic mass is 10.0. The van der Waals surface area contributed by atoms with Crippen LogP contribution in [0.4, 0.5) is 5.13 Å². The number of β-lactam (4-membered cyclic amide) rings is 1. The van der Waals surface area contributed by atoms with Gasteiger partial charge >= 0.3 is 5.97 Å². The Morgan fingerprint density at radius 2 is 2.17 bits per heavy atom. The van der Waals surface area contributed by atoms with E-state index in [1.807, 2.05) is 0 Å². The lowest BCUT2D eigenvalue weighted by Gasteiger charge is -2.49. The van der Waals surface area contributed by atoms with Crippen molar-refractivity contribution in [3.63, 3.8) is 0 Å². The summed E-state index contributed by atoms with van der Waals surface area (Å²) < 4.78 is 0.695. The van der Waals surface area contributed by atoms with Gasteiger partial charge in [-0.2, -0.15) is 0 Å². The van der Waals surface area contributed by atoms with Gasteiger partial charge in [0.2, 0.25) is 0 Å². The molecule has 156 valence electrons. The summed E-state index contributed by atoms with van der Waals surface area (Å²) in [4.78, 5) is 53.7. The number of nitrogens with two attached hydrogens (primary N) is 1. The van der Waals surface area contributed by atoms with Crippen molar-refractivity contribution in [3.8, 4) is 0 Å². The minimum atomic E-state index is -1.22. The van der Waals surface area contributed by atoms with Crippen LogP contribution in [-0.2, 0) is 14.4 Å². The molecule has 0 aliphatic carbocycles. The normalized spacial score (nSPS) is 20.5. The Balaban J connectivity index is 1.46. The molecule has 11 nitrogen and oxygen atoms in total. The van der Waals surface area contributed by atoms with E-state index in [1.165, 1.54) is 40.2 Å². The maximum atomic E-state index is 12.6. The Morgan fingerprint density at radius 3 is 2.80 bits per heavy atom. The number of aliphatic carboxylic acids is 1. The second-order valence-corrected chi connectivity index (χ2v) is 10.1. The van der Waals surface area contributed by atoms with Crippen LogP contribution in [0.2, 0.25) is 0 Å². The molecule has 2 aliphatic heterocycles. The quantitative estimate of drug-likeness (QED) is 0.214. The van der Waals surface area contributed by atoms with Gasteiger partial charge in [-0.05, 0) is 5.57 Å². The van der Waals surface area contributed by atoms with Crippen LogP contribution in [0, 0.1) is 0 Å². The maximum absolute atomic E-state index is 12.6. The van der Waals surface area contributed by atoms with Gasteiger partial charge in [0.15, 0.2) is 9.47 Å². The van der Waals surface area contributed by atoms with Crippen LogP contribution >= 0.6 is 46.2 Å². The first-order valence-electron chi connectivity index (χ1n) is 8.22. The molecule has 0 spiro atoms. The summed E-state index contributed by atoms with van der Waals surface area (Å²) in [6, 6.07) is -0.992. The number of hydrogen-bond donors (Lipinski definition) is 3. The fourth-order valence-electron chi connectivity index (χ4n) is 2.88. The Bertz CT molecular complexity index is 1070. The van der Waals surface area contributed by atoms with Gasteiger partial charge in [0.05, 0.1) is 0 Å². The smallest absolute Gasteiger partial charge is 0.352 e. The van der Waals surface area contributed by atoms with Crippen molar-refractivity contribution in [1.29, 1.82) is 0 Å². The Morgan fingerprint density at radius 1 is 1.37 bits per heavy atom. The Kier molecular flexibility index (Phi) is 5.77. The number of ketones is 1. The molecule has 4 N–H and O–H groups in total. The largest absolute Gasteiger partial charge is 0.477 e. The summed E-state index contributed by atoms with van der Waals surface area (Å²) in [5.41, 5.74) is 7.43. The van der Waals surface area contributed by atoms with Gasteiger partial charge in [-0.15, -0.1) is 33.3 Å². The SMILES string of the molecule is Nc1nc(C(=O)C(=O)NC2C(=O)N3C(C(=O)O)=C(CSc4nncs4)CS[C@H]23)cs1. The molecule has 0 saturated carbocycles. The first-order valence-corrected chi connectivity index (χ1v) is 12.0. The highest BCUT2D eigenvalue weighted by Gasteiger charge is 2.54. The van der Waals surface area contributed by atoms with Crippen LogP contribution < -0.4 is 11.1 Å². The van der Waals surface area contributed by atoms with E-state index < -0.39 is 35.0 Å². The van der Waals surface area contributed by atoms with Crippen molar-refractivity contribution in [3.05, 3.63) is 27.9 Å². The van der Waals surface area contributed by atoms with Gasteiger partial charge < -0.3 is 16.2 Å². The second-order valence-electron chi connectivity index (χ2n) is 6.01. The van der Waals surface area contributed by atoms with Gasteiger partial charge in [-0.1, -0.05) is 23.1 Å². The van der Waals surface area contributed by atoms with E-state index in [1.54, 1.807) is 5.51 Å². The third-order valence-corrected chi connectivity index (χ3v) is 8.17. The predicted molar refractivity (Wildman–Crippen MR) is 111 cm³/mol. The molecule has 2 atom stereocenters. The molecule has 4 heterocycles. The van der Waals surface area contributed by atoms with E-state index in [2.05, 4.69) is 20.5 Å². The van der Waals surface area contributed by atoms with Crippen molar-refractivity contribution in [2.24, 2.45) is 0 Å². The summed E-state index contributed by atoms with van der Waals surface area (Å²) in [6.07, 6.45) is 0. The maximum Gasteiger partial charge on any atom is 0.352 e. The predicted octanol–water partition coefficient (Wildman–Crippen LogP) is 0.290. The van der Waals surface area contributed by atoms with Gasteiger partial charge in [0.25, 0.3) is 17.6 Å². The summed E-state index contributed by atoms with van der Waals surface area (Å²) >= 11 is 5.02. The minimum absolute atomic E-state index is 0.0927. The number of carboxylic acids is 1. The van der Waals surface area contributed by atoms with Gasteiger partial charge in [0, 0.05) is 16.9 Å². The molecular weight excluding hydrogens is 472 g/mol. The number of rotatable bonds is 7. The fourth-order valence-corrected chi connectivity index (χ4v) is 6.40. The third kappa shape index (κ3) is 3.80. The highest BCUT2D eigenvalue weighted by Crippen LogP contribution is 2.41. The number of aromatic nitrogens is 3. The molecule has 15 heteroatoms. The number of Topliss-reactive ketones (excluding diaryl/α,β-unsaturated/α-hetero) is 1. The van der Waals surface area contributed by atoms with Gasteiger partial charge in [-0.3, -0.25) is 19.3 Å². The molecule has 0 bridgehead atoms. The zero-order valence-corrected chi connectivity index (χ0v) is 18.1. The summed E-state index contributed by atoms with van der Waals surface area (Å²) in [5, 5.41) is 20.6. The first-order chi connectivity index (χ1) is 14.4. The van der Waals surface area contributed by atoms with Crippen LogP contribution in [0.15, 0.2) is 26.5 Å².